The number of aromatic hydroxyl groups is 1. The number of carbonyl (C=O) groups excluding carboxylic acids is 2. The minimum Gasteiger partial charge on any atom is -0.508 e. The molecule has 0 bridgehead atoms. The van der Waals surface area contributed by atoms with Gasteiger partial charge in [-0.25, -0.2) is 19.6 Å². The number of methoxy groups -OCH3 is 2. The number of fused-ring (bicyclic) bond motifs is 2. The molecule has 0 fully saturated rings. The highest BCUT2D eigenvalue weighted by Gasteiger charge is 2.23. The smallest absolute Gasteiger partial charge is 0.262 e. The van der Waals surface area contributed by atoms with Gasteiger partial charge >= 0.3 is 0 Å². The molecule has 0 atom stereocenters. The van der Waals surface area contributed by atoms with Gasteiger partial charge in [0.2, 0.25) is 5.91 Å². The number of hydrogen-bond donors (Lipinski definition) is 2. The fourth-order valence-corrected chi connectivity index (χ4v) is 6.57. The molecular weight excluding hydrogens is 712 g/mol. The van der Waals surface area contributed by atoms with Crippen LogP contribution in [0.25, 0.3) is 33.2 Å². The van der Waals surface area contributed by atoms with E-state index < -0.39 is 5.56 Å². The summed E-state index contributed by atoms with van der Waals surface area (Å²) in [7, 11) is 3.17. The number of aromatic nitrogens is 6. The van der Waals surface area contributed by atoms with Gasteiger partial charge in [-0.1, -0.05) is 54.1 Å². The Morgan fingerprint density at radius 3 is 2.39 bits per heavy atom. The van der Waals surface area contributed by atoms with Crippen molar-refractivity contribution < 1.29 is 24.2 Å². The van der Waals surface area contributed by atoms with Gasteiger partial charge in [-0.2, -0.15) is 5.10 Å². The van der Waals surface area contributed by atoms with Gasteiger partial charge in [0.05, 0.1) is 36.0 Å². The number of nitrogens with zero attached hydrogens (tertiary/aromatic N) is 7. The summed E-state index contributed by atoms with van der Waals surface area (Å²) in [5, 5.41) is 16.2. The van der Waals surface area contributed by atoms with Crippen molar-refractivity contribution >= 4 is 51.0 Å². The molecule has 0 unspecified atom stereocenters. The fourth-order valence-electron chi connectivity index (χ4n) is 6.37. The molecule has 280 valence electrons. The van der Waals surface area contributed by atoms with E-state index in [-0.39, 0.29) is 60.1 Å². The number of carbonyl (C=O) groups is 2. The fraction of sp³-hybridized carbons (Fsp3) is 0.308. The summed E-state index contributed by atoms with van der Waals surface area (Å²) in [6.45, 7) is 1.82. The number of amides is 1. The lowest BCUT2D eigenvalue weighted by Gasteiger charge is -2.22. The molecule has 0 spiro atoms. The second-order valence-corrected chi connectivity index (χ2v) is 13.1. The number of Topliss-reactive ketones (excluding diaryl/α,β-unsaturated/α-hetero) is 1. The van der Waals surface area contributed by atoms with Crippen LogP contribution in [0.5, 0.6) is 5.75 Å². The first-order chi connectivity index (χ1) is 26.2. The second-order valence-electron chi connectivity index (χ2n) is 12.7. The molecule has 6 aromatic rings. The van der Waals surface area contributed by atoms with Gasteiger partial charge in [0.1, 0.15) is 36.0 Å². The molecule has 3 aromatic heterocycles. The zero-order valence-corrected chi connectivity index (χ0v) is 30.8. The average molecular weight is 753 g/mol. The maximum atomic E-state index is 14.6. The third-order valence-electron chi connectivity index (χ3n) is 9.15. The first kappa shape index (κ1) is 38.0. The average Bonchev–Trinajstić information content (AvgIpc) is 3.54. The van der Waals surface area contributed by atoms with E-state index in [1.165, 1.54) is 10.9 Å². The van der Waals surface area contributed by atoms with Crippen molar-refractivity contribution in [3.05, 3.63) is 105 Å². The Morgan fingerprint density at radius 1 is 0.907 bits per heavy atom. The van der Waals surface area contributed by atoms with Crippen molar-refractivity contribution in [1.29, 1.82) is 0 Å². The number of anilines is 1. The van der Waals surface area contributed by atoms with Crippen LogP contribution in [0.1, 0.15) is 47.4 Å². The van der Waals surface area contributed by atoms with Crippen LogP contribution in [0.2, 0.25) is 5.02 Å². The van der Waals surface area contributed by atoms with Crippen LogP contribution < -0.4 is 11.3 Å². The Labute approximate surface area is 316 Å². The van der Waals surface area contributed by atoms with Crippen molar-refractivity contribution in [2.24, 2.45) is 0 Å². The predicted molar refractivity (Wildman–Crippen MR) is 206 cm³/mol. The molecule has 0 radical (unpaired) electrons. The quantitative estimate of drug-likeness (QED) is 0.0934. The third kappa shape index (κ3) is 8.41. The Hall–Kier alpha value is -5.70. The van der Waals surface area contributed by atoms with Crippen LogP contribution in [0, 0.1) is 0 Å². The van der Waals surface area contributed by atoms with E-state index in [1.807, 2.05) is 12.1 Å². The first-order valence-electron chi connectivity index (χ1n) is 17.5. The Bertz CT molecular complexity index is 2350. The predicted octanol–water partition coefficient (Wildman–Crippen LogP) is 5.11. The van der Waals surface area contributed by atoms with Crippen molar-refractivity contribution in [2.75, 3.05) is 46.3 Å². The molecule has 0 saturated heterocycles. The number of phenolic OH excluding ortho intramolecular Hbond substituents is 1. The molecule has 0 aliphatic heterocycles. The largest absolute Gasteiger partial charge is 0.508 e. The van der Waals surface area contributed by atoms with Crippen LogP contribution in [0.4, 0.5) is 5.82 Å². The Morgan fingerprint density at radius 2 is 1.65 bits per heavy atom. The number of halogens is 1. The van der Waals surface area contributed by atoms with Crippen molar-refractivity contribution in [2.45, 2.75) is 38.8 Å². The van der Waals surface area contributed by atoms with Gasteiger partial charge in [-0.15, -0.1) is 0 Å². The number of ether oxygens (including phenoxy) is 2. The molecule has 0 saturated carbocycles. The van der Waals surface area contributed by atoms with E-state index in [9.17, 15) is 19.5 Å². The Balaban J connectivity index is 1.34. The zero-order valence-electron chi connectivity index (χ0n) is 30.1. The summed E-state index contributed by atoms with van der Waals surface area (Å²) in [5.74, 6) is 0.337. The molecule has 6 rings (SSSR count). The number of ketones is 1. The minimum absolute atomic E-state index is 0.000611. The molecule has 1 amide bonds. The normalized spacial score (nSPS) is 11.4. The molecule has 3 heterocycles. The molecule has 3 aromatic carbocycles. The number of nitrogens with two attached hydrogens (primary N) is 1. The second kappa shape index (κ2) is 17.4. The van der Waals surface area contributed by atoms with Crippen LogP contribution in [0.15, 0.2) is 77.9 Å². The number of benzene rings is 3. The summed E-state index contributed by atoms with van der Waals surface area (Å²) in [6, 6.07) is 18.8. The van der Waals surface area contributed by atoms with E-state index in [1.54, 1.807) is 78.4 Å². The van der Waals surface area contributed by atoms with E-state index in [2.05, 4.69) is 9.97 Å². The van der Waals surface area contributed by atoms with Crippen LogP contribution in [-0.4, -0.2) is 91.5 Å². The van der Waals surface area contributed by atoms with Gasteiger partial charge in [0.25, 0.3) is 5.56 Å². The summed E-state index contributed by atoms with van der Waals surface area (Å²) in [6.07, 6.45) is 2.71. The summed E-state index contributed by atoms with van der Waals surface area (Å²) in [4.78, 5) is 56.5. The van der Waals surface area contributed by atoms with E-state index in [0.717, 1.165) is 0 Å². The molecule has 15 heteroatoms. The SMILES string of the molecule is COCCN(CCOC)C(=O)CCCCC(=O)c1cccc2nc(Cn3nc(-c4cccc(O)c4)c4c(N)ncnc43)n(Cc3ccccc3Cl)c(=O)c12. The summed E-state index contributed by atoms with van der Waals surface area (Å²) < 4.78 is 13.4. The molecular formula is C39H41ClN8O6. The highest BCUT2D eigenvalue weighted by molar-refractivity contribution is 6.31. The van der Waals surface area contributed by atoms with Crippen LogP contribution in [-0.2, 0) is 27.4 Å². The van der Waals surface area contributed by atoms with Gasteiger partial charge < -0.3 is 25.2 Å². The molecule has 54 heavy (non-hydrogen) atoms. The topological polar surface area (TPSA) is 181 Å². The highest BCUT2D eigenvalue weighted by Crippen LogP contribution is 2.32. The van der Waals surface area contributed by atoms with Gasteiger partial charge in [0.15, 0.2) is 11.4 Å². The zero-order chi connectivity index (χ0) is 38.2. The molecule has 0 aliphatic carbocycles. The lowest BCUT2D eigenvalue weighted by molar-refractivity contribution is -0.132. The first-order valence-corrected chi connectivity index (χ1v) is 17.9. The van der Waals surface area contributed by atoms with Gasteiger partial charge in [-0.3, -0.25) is 19.0 Å². The third-order valence-corrected chi connectivity index (χ3v) is 9.52. The maximum Gasteiger partial charge on any atom is 0.262 e. The van der Waals surface area contributed by atoms with Crippen LogP contribution in [0.3, 0.4) is 0 Å². The molecule has 0 aliphatic rings. The molecule has 14 nitrogen and oxygen atoms in total. The number of hydrogen-bond acceptors (Lipinski definition) is 11. The van der Waals surface area contributed by atoms with E-state index in [4.69, 9.17) is 36.9 Å². The van der Waals surface area contributed by atoms with Gasteiger partial charge in [-0.05, 0) is 42.7 Å². The van der Waals surface area contributed by atoms with E-state index >= 15 is 0 Å². The lowest BCUT2D eigenvalue weighted by atomic mass is 10.0. The highest BCUT2D eigenvalue weighted by atomic mass is 35.5. The number of unbranched alkanes of at least 4 members (excludes halogenated alkanes) is 1. The van der Waals surface area contributed by atoms with Crippen molar-refractivity contribution in [1.82, 2.24) is 34.2 Å². The van der Waals surface area contributed by atoms with Gasteiger partial charge in [0, 0.05) is 56.3 Å². The van der Waals surface area contributed by atoms with Crippen molar-refractivity contribution in [3.63, 3.8) is 0 Å². The number of nitrogen functional groups attached to an aromatic ring is 1. The summed E-state index contributed by atoms with van der Waals surface area (Å²) >= 11 is 6.58. The molecule has 3 N–H and O–H groups in total. The Kier molecular flexibility index (Phi) is 12.3. The number of phenols is 1. The maximum absolute atomic E-state index is 14.6. The summed E-state index contributed by atoms with van der Waals surface area (Å²) in [5.41, 5.74) is 8.65. The standard InChI is InChI=1S/C39H41ClN8O6/c1-53-19-17-46(18-20-54-2)33(51)16-6-5-15-31(50)28-12-8-14-30-34(28)39(52)47(22-26-9-3-4-13-29(26)40)32(44-30)23-48-38-35(37(41)42-24-43-38)36(45-48)25-10-7-11-27(49)21-25/h3-4,7-14,21,24,49H,5-6,15-20,22-23H2,1-2H3,(H2,41,42,43). The van der Waals surface area contributed by atoms with Crippen molar-refractivity contribution in [3.8, 4) is 17.0 Å². The van der Waals surface area contributed by atoms with E-state index in [0.29, 0.717) is 83.4 Å². The van der Waals surface area contributed by atoms with Crippen LogP contribution >= 0.6 is 11.6 Å². The number of rotatable bonds is 17. The monoisotopic (exact) mass is 752 g/mol. The minimum atomic E-state index is -0.417. The lowest BCUT2D eigenvalue weighted by Crippen LogP contribution is -2.36.